The standard InChI is InChI=1S/C11H10F2N2S/c1-7-11(16-6-15-7)5-14-10-3-2-8(12)4-9(10)13/h2-4,6,14H,5H2,1H3. The fraction of sp³-hybridized carbons (Fsp3) is 0.182. The van der Waals surface area contributed by atoms with Gasteiger partial charge in [-0.2, -0.15) is 0 Å². The van der Waals surface area contributed by atoms with Gasteiger partial charge in [0, 0.05) is 10.9 Å². The molecule has 0 atom stereocenters. The van der Waals surface area contributed by atoms with Gasteiger partial charge in [-0.1, -0.05) is 0 Å². The topological polar surface area (TPSA) is 24.9 Å². The molecule has 0 spiro atoms. The first-order chi connectivity index (χ1) is 7.66. The Balaban J connectivity index is 2.08. The lowest BCUT2D eigenvalue weighted by atomic mass is 10.3. The van der Waals surface area contributed by atoms with Gasteiger partial charge in [0.05, 0.1) is 23.4 Å². The number of hydrogen-bond acceptors (Lipinski definition) is 3. The van der Waals surface area contributed by atoms with Crippen molar-refractivity contribution < 1.29 is 8.78 Å². The largest absolute Gasteiger partial charge is 0.378 e. The molecule has 5 heteroatoms. The van der Waals surface area contributed by atoms with Gasteiger partial charge in [-0.15, -0.1) is 11.3 Å². The molecule has 1 aromatic heterocycles. The maximum atomic E-state index is 13.3. The van der Waals surface area contributed by atoms with Crippen molar-refractivity contribution in [2.24, 2.45) is 0 Å². The number of aromatic nitrogens is 1. The molecule has 1 N–H and O–H groups in total. The van der Waals surface area contributed by atoms with Crippen LogP contribution >= 0.6 is 11.3 Å². The molecule has 0 bridgehead atoms. The van der Waals surface area contributed by atoms with E-state index in [2.05, 4.69) is 10.3 Å². The van der Waals surface area contributed by atoms with Crippen LogP contribution in [0, 0.1) is 18.6 Å². The molecule has 0 radical (unpaired) electrons. The fourth-order valence-corrected chi connectivity index (χ4v) is 2.02. The van der Waals surface area contributed by atoms with Crippen LogP contribution in [0.3, 0.4) is 0 Å². The first kappa shape index (κ1) is 11.0. The highest BCUT2D eigenvalue weighted by Crippen LogP contribution is 2.18. The average Bonchev–Trinajstić information content (AvgIpc) is 2.63. The van der Waals surface area contributed by atoms with E-state index in [1.807, 2.05) is 6.92 Å². The quantitative estimate of drug-likeness (QED) is 0.890. The molecular formula is C11H10F2N2S. The van der Waals surface area contributed by atoms with Gasteiger partial charge in [0.2, 0.25) is 0 Å². The highest BCUT2D eigenvalue weighted by atomic mass is 32.1. The molecule has 2 aromatic rings. The maximum absolute atomic E-state index is 13.3. The first-order valence-electron chi connectivity index (χ1n) is 4.74. The summed E-state index contributed by atoms with van der Waals surface area (Å²) in [6.45, 7) is 2.40. The molecule has 2 nitrogen and oxygen atoms in total. The van der Waals surface area contributed by atoms with E-state index in [1.54, 1.807) is 5.51 Å². The minimum atomic E-state index is -0.581. The van der Waals surface area contributed by atoms with Crippen LogP contribution in [0.5, 0.6) is 0 Å². The van der Waals surface area contributed by atoms with Crippen LogP contribution in [0.1, 0.15) is 10.6 Å². The van der Waals surface area contributed by atoms with E-state index in [9.17, 15) is 8.78 Å². The number of nitrogens with zero attached hydrogens (tertiary/aromatic N) is 1. The van der Waals surface area contributed by atoms with Crippen LogP contribution in [0.2, 0.25) is 0 Å². The van der Waals surface area contributed by atoms with E-state index in [0.29, 0.717) is 12.2 Å². The zero-order valence-electron chi connectivity index (χ0n) is 8.63. The van der Waals surface area contributed by atoms with Crippen molar-refractivity contribution in [2.75, 3.05) is 5.32 Å². The minimum absolute atomic E-state index is 0.300. The molecule has 0 saturated heterocycles. The average molecular weight is 240 g/mol. The summed E-state index contributed by atoms with van der Waals surface area (Å²) >= 11 is 1.51. The van der Waals surface area contributed by atoms with Gasteiger partial charge in [-0.05, 0) is 19.1 Å². The Morgan fingerprint density at radius 1 is 1.38 bits per heavy atom. The van der Waals surface area contributed by atoms with Crippen LogP contribution in [0.25, 0.3) is 0 Å². The Kier molecular flexibility index (Phi) is 3.14. The van der Waals surface area contributed by atoms with E-state index >= 15 is 0 Å². The summed E-state index contributed by atoms with van der Waals surface area (Å²) < 4.78 is 25.9. The van der Waals surface area contributed by atoms with E-state index in [1.165, 1.54) is 23.5 Å². The molecular weight excluding hydrogens is 230 g/mol. The molecule has 2 rings (SSSR count). The normalized spacial score (nSPS) is 10.4. The lowest BCUT2D eigenvalue weighted by molar-refractivity contribution is 0.585. The zero-order valence-corrected chi connectivity index (χ0v) is 9.44. The van der Waals surface area contributed by atoms with Crippen molar-refractivity contribution in [3.63, 3.8) is 0 Å². The van der Waals surface area contributed by atoms with Crippen LogP contribution in [0.15, 0.2) is 23.7 Å². The maximum Gasteiger partial charge on any atom is 0.149 e. The van der Waals surface area contributed by atoms with Crippen molar-refractivity contribution in [2.45, 2.75) is 13.5 Å². The highest BCUT2D eigenvalue weighted by molar-refractivity contribution is 7.09. The van der Waals surface area contributed by atoms with Crippen molar-refractivity contribution >= 4 is 17.0 Å². The molecule has 16 heavy (non-hydrogen) atoms. The summed E-state index contributed by atoms with van der Waals surface area (Å²) in [4.78, 5) is 5.14. The predicted octanol–water partition coefficient (Wildman–Crippen LogP) is 3.34. The molecule has 0 unspecified atom stereocenters. The molecule has 1 heterocycles. The monoisotopic (exact) mass is 240 g/mol. The highest BCUT2D eigenvalue weighted by Gasteiger charge is 2.05. The second kappa shape index (κ2) is 4.57. The molecule has 0 aliphatic heterocycles. The van der Waals surface area contributed by atoms with E-state index in [4.69, 9.17) is 0 Å². The molecule has 0 saturated carbocycles. The van der Waals surface area contributed by atoms with E-state index < -0.39 is 11.6 Å². The second-order valence-corrected chi connectivity index (χ2v) is 4.28. The number of halogens is 2. The SMILES string of the molecule is Cc1ncsc1CNc1ccc(F)cc1F. The van der Waals surface area contributed by atoms with Crippen molar-refractivity contribution in [3.05, 3.63) is 45.9 Å². The Labute approximate surface area is 96.0 Å². The van der Waals surface area contributed by atoms with E-state index in [0.717, 1.165) is 16.6 Å². The number of benzene rings is 1. The van der Waals surface area contributed by atoms with Gasteiger partial charge < -0.3 is 5.32 Å². The van der Waals surface area contributed by atoms with Crippen LogP contribution < -0.4 is 5.32 Å². The molecule has 0 fully saturated rings. The van der Waals surface area contributed by atoms with Crippen LogP contribution in [-0.2, 0) is 6.54 Å². The zero-order chi connectivity index (χ0) is 11.5. The van der Waals surface area contributed by atoms with Crippen molar-refractivity contribution in [3.8, 4) is 0 Å². The summed E-state index contributed by atoms with van der Waals surface area (Å²) in [6.07, 6.45) is 0. The molecule has 1 aromatic carbocycles. The Bertz CT molecular complexity index is 496. The van der Waals surface area contributed by atoms with Crippen LogP contribution in [0.4, 0.5) is 14.5 Å². The van der Waals surface area contributed by atoms with E-state index in [-0.39, 0.29) is 0 Å². The summed E-state index contributed by atoms with van der Waals surface area (Å²) in [5, 5.41) is 2.91. The second-order valence-electron chi connectivity index (χ2n) is 3.34. The minimum Gasteiger partial charge on any atom is -0.378 e. The lowest BCUT2D eigenvalue weighted by Crippen LogP contribution is -2.01. The Morgan fingerprint density at radius 2 is 2.19 bits per heavy atom. The Hall–Kier alpha value is -1.49. The lowest BCUT2D eigenvalue weighted by Gasteiger charge is -2.06. The molecule has 0 aliphatic rings. The van der Waals surface area contributed by atoms with Crippen molar-refractivity contribution in [1.82, 2.24) is 4.98 Å². The third-order valence-corrected chi connectivity index (χ3v) is 3.15. The molecule has 0 amide bonds. The smallest absolute Gasteiger partial charge is 0.149 e. The van der Waals surface area contributed by atoms with Gasteiger partial charge in [0.1, 0.15) is 11.6 Å². The first-order valence-corrected chi connectivity index (χ1v) is 5.62. The number of rotatable bonds is 3. The van der Waals surface area contributed by atoms with Gasteiger partial charge in [-0.25, -0.2) is 13.8 Å². The summed E-state index contributed by atoms with van der Waals surface area (Å²) in [5.41, 5.74) is 2.97. The number of nitrogens with one attached hydrogen (secondary N) is 1. The van der Waals surface area contributed by atoms with Gasteiger partial charge in [-0.3, -0.25) is 0 Å². The summed E-state index contributed by atoms with van der Waals surface area (Å²) in [6, 6.07) is 3.48. The number of aryl methyl sites for hydroxylation is 1. The number of anilines is 1. The number of thiazole rings is 1. The van der Waals surface area contributed by atoms with Crippen LogP contribution in [-0.4, -0.2) is 4.98 Å². The van der Waals surface area contributed by atoms with Gasteiger partial charge in [0.25, 0.3) is 0 Å². The van der Waals surface area contributed by atoms with Gasteiger partial charge >= 0.3 is 0 Å². The van der Waals surface area contributed by atoms with Crippen molar-refractivity contribution in [1.29, 1.82) is 0 Å². The summed E-state index contributed by atoms with van der Waals surface area (Å²) in [5.74, 6) is -1.15. The fourth-order valence-electron chi connectivity index (χ4n) is 1.30. The summed E-state index contributed by atoms with van der Waals surface area (Å²) in [7, 11) is 0. The third kappa shape index (κ3) is 2.36. The predicted molar refractivity (Wildman–Crippen MR) is 60.5 cm³/mol. The molecule has 84 valence electrons. The Morgan fingerprint density at radius 3 is 2.81 bits per heavy atom. The molecule has 0 aliphatic carbocycles. The van der Waals surface area contributed by atoms with Gasteiger partial charge in [0.15, 0.2) is 0 Å². The third-order valence-electron chi connectivity index (χ3n) is 2.22. The number of hydrogen-bond donors (Lipinski definition) is 1.